The Morgan fingerprint density at radius 2 is 1.76 bits per heavy atom. The number of esters is 1. The molecule has 2 aromatic carbocycles. The summed E-state index contributed by atoms with van der Waals surface area (Å²) in [5.41, 5.74) is 2.44. The number of hydrogen-bond acceptors (Lipinski definition) is 6. The molecule has 3 aromatic rings. The minimum Gasteiger partial charge on any atom is -0.462 e. The minimum atomic E-state index is -0.396. The molecule has 0 atom stereocenters. The monoisotopic (exact) mass is 390 g/mol. The lowest BCUT2D eigenvalue weighted by atomic mass is 10.1. The summed E-state index contributed by atoms with van der Waals surface area (Å²) in [4.78, 5) is 32.6. The van der Waals surface area contributed by atoms with Crippen molar-refractivity contribution in [2.24, 2.45) is 0 Å². The fourth-order valence-electron chi connectivity index (χ4n) is 2.63. The van der Waals surface area contributed by atoms with E-state index in [0.29, 0.717) is 30.4 Å². The van der Waals surface area contributed by atoms with Crippen molar-refractivity contribution >= 4 is 23.5 Å². The zero-order chi connectivity index (χ0) is 20.5. The number of nitrogens with one attached hydrogen (secondary N) is 2. The Morgan fingerprint density at radius 3 is 2.48 bits per heavy atom. The van der Waals surface area contributed by atoms with E-state index in [1.165, 1.54) is 11.8 Å². The van der Waals surface area contributed by atoms with Gasteiger partial charge in [0, 0.05) is 18.4 Å². The molecule has 1 heterocycles. The predicted molar refractivity (Wildman–Crippen MR) is 111 cm³/mol. The first-order valence-electron chi connectivity index (χ1n) is 9.35. The van der Waals surface area contributed by atoms with Crippen LogP contribution in [0.15, 0.2) is 66.9 Å². The van der Waals surface area contributed by atoms with E-state index in [1.807, 2.05) is 18.2 Å². The van der Waals surface area contributed by atoms with E-state index in [4.69, 9.17) is 4.74 Å². The zero-order valence-electron chi connectivity index (χ0n) is 16.1. The van der Waals surface area contributed by atoms with Crippen LogP contribution in [-0.4, -0.2) is 35.0 Å². The molecule has 7 heteroatoms. The normalized spacial score (nSPS) is 10.2. The van der Waals surface area contributed by atoms with Crippen molar-refractivity contribution in [1.29, 1.82) is 0 Å². The number of hydrogen-bond donors (Lipinski definition) is 2. The summed E-state index contributed by atoms with van der Waals surface area (Å²) >= 11 is 0. The third-order valence-electron chi connectivity index (χ3n) is 4.08. The van der Waals surface area contributed by atoms with Crippen LogP contribution in [0.1, 0.15) is 33.3 Å². The number of carbonyl (C=O) groups is 2. The van der Waals surface area contributed by atoms with Gasteiger partial charge < -0.3 is 15.4 Å². The second kappa shape index (κ2) is 9.98. The third kappa shape index (κ3) is 5.87. The van der Waals surface area contributed by atoms with Gasteiger partial charge in [-0.2, -0.15) is 0 Å². The van der Waals surface area contributed by atoms with Crippen LogP contribution in [-0.2, 0) is 11.2 Å². The molecule has 29 heavy (non-hydrogen) atoms. The summed E-state index contributed by atoms with van der Waals surface area (Å²) in [6.07, 6.45) is 2.37. The number of anilines is 2. The summed E-state index contributed by atoms with van der Waals surface area (Å²) in [6.45, 7) is 2.72. The molecule has 148 valence electrons. The van der Waals surface area contributed by atoms with Crippen molar-refractivity contribution in [1.82, 2.24) is 9.97 Å². The van der Waals surface area contributed by atoms with Crippen LogP contribution in [0, 0.1) is 0 Å². The van der Waals surface area contributed by atoms with Gasteiger partial charge in [-0.25, -0.2) is 14.8 Å². The smallest absolute Gasteiger partial charge is 0.338 e. The van der Waals surface area contributed by atoms with Gasteiger partial charge in [0.05, 0.1) is 12.2 Å². The minimum absolute atomic E-state index is 0.247. The highest BCUT2D eigenvalue weighted by molar-refractivity contribution is 6.03. The van der Waals surface area contributed by atoms with Gasteiger partial charge in [-0.1, -0.05) is 30.3 Å². The maximum absolute atomic E-state index is 12.5. The molecule has 0 saturated heterocycles. The van der Waals surface area contributed by atoms with E-state index in [9.17, 15) is 9.59 Å². The summed E-state index contributed by atoms with van der Waals surface area (Å²) in [7, 11) is 0. The van der Waals surface area contributed by atoms with Crippen molar-refractivity contribution in [3.63, 3.8) is 0 Å². The molecular formula is C22H22N4O3. The zero-order valence-corrected chi connectivity index (χ0v) is 16.1. The SMILES string of the molecule is CCOC(=O)c1ccc(NC(=O)c2ccnc(NCCc3ccccc3)n2)cc1. The first-order chi connectivity index (χ1) is 14.2. The number of nitrogens with zero attached hydrogens (tertiary/aromatic N) is 2. The van der Waals surface area contributed by atoms with Crippen LogP contribution < -0.4 is 10.6 Å². The Bertz CT molecular complexity index is 959. The average Bonchev–Trinajstić information content (AvgIpc) is 2.75. The molecule has 1 aromatic heterocycles. The Balaban J connectivity index is 1.56. The maximum atomic E-state index is 12.5. The number of carbonyl (C=O) groups excluding carboxylic acids is 2. The van der Waals surface area contributed by atoms with E-state index in [-0.39, 0.29) is 11.6 Å². The average molecular weight is 390 g/mol. The Hall–Kier alpha value is -3.74. The number of rotatable bonds is 8. The van der Waals surface area contributed by atoms with E-state index in [2.05, 4.69) is 32.7 Å². The lowest BCUT2D eigenvalue weighted by molar-refractivity contribution is 0.0526. The molecule has 0 unspecified atom stereocenters. The maximum Gasteiger partial charge on any atom is 0.338 e. The highest BCUT2D eigenvalue weighted by atomic mass is 16.5. The van der Waals surface area contributed by atoms with Crippen molar-refractivity contribution in [2.75, 3.05) is 23.8 Å². The Morgan fingerprint density at radius 1 is 1.00 bits per heavy atom. The van der Waals surface area contributed by atoms with E-state index >= 15 is 0 Å². The number of amides is 1. The van der Waals surface area contributed by atoms with Crippen molar-refractivity contribution in [3.8, 4) is 0 Å². The van der Waals surface area contributed by atoms with Gasteiger partial charge in [-0.05, 0) is 49.2 Å². The lowest BCUT2D eigenvalue weighted by Gasteiger charge is -2.08. The molecule has 2 N–H and O–H groups in total. The molecule has 7 nitrogen and oxygen atoms in total. The molecule has 0 aliphatic heterocycles. The fourth-order valence-corrected chi connectivity index (χ4v) is 2.63. The first-order valence-corrected chi connectivity index (χ1v) is 9.35. The van der Waals surface area contributed by atoms with Crippen molar-refractivity contribution in [3.05, 3.63) is 83.7 Å². The van der Waals surface area contributed by atoms with Gasteiger partial charge in [-0.3, -0.25) is 4.79 Å². The Labute approximate surface area is 169 Å². The summed E-state index contributed by atoms with van der Waals surface area (Å²) in [5.74, 6) is -0.360. The second-order valence-electron chi connectivity index (χ2n) is 6.18. The fraction of sp³-hybridized carbons (Fsp3) is 0.182. The van der Waals surface area contributed by atoms with Crippen LogP contribution >= 0.6 is 0 Å². The second-order valence-corrected chi connectivity index (χ2v) is 6.18. The van der Waals surface area contributed by atoms with Crippen LogP contribution in [0.5, 0.6) is 0 Å². The van der Waals surface area contributed by atoms with Gasteiger partial charge in [-0.15, -0.1) is 0 Å². The molecule has 0 saturated carbocycles. The highest BCUT2D eigenvalue weighted by Crippen LogP contribution is 2.12. The van der Waals surface area contributed by atoms with Crippen molar-refractivity contribution < 1.29 is 14.3 Å². The quantitative estimate of drug-likeness (QED) is 0.571. The number of benzene rings is 2. The van der Waals surface area contributed by atoms with Crippen LogP contribution in [0.3, 0.4) is 0 Å². The molecule has 1 amide bonds. The van der Waals surface area contributed by atoms with Gasteiger partial charge in [0.2, 0.25) is 5.95 Å². The summed E-state index contributed by atoms with van der Waals surface area (Å²) < 4.78 is 4.94. The summed E-state index contributed by atoms with van der Waals surface area (Å²) in [6, 6.07) is 18.1. The number of ether oxygens (including phenoxy) is 1. The molecule has 0 aliphatic rings. The molecule has 0 bridgehead atoms. The largest absolute Gasteiger partial charge is 0.462 e. The van der Waals surface area contributed by atoms with Crippen LogP contribution in [0.2, 0.25) is 0 Å². The highest BCUT2D eigenvalue weighted by Gasteiger charge is 2.11. The molecule has 0 aliphatic carbocycles. The van der Waals surface area contributed by atoms with Gasteiger partial charge >= 0.3 is 5.97 Å². The van der Waals surface area contributed by atoms with E-state index in [0.717, 1.165) is 6.42 Å². The van der Waals surface area contributed by atoms with Crippen LogP contribution in [0.25, 0.3) is 0 Å². The Kier molecular flexibility index (Phi) is 6.89. The van der Waals surface area contributed by atoms with Crippen LogP contribution in [0.4, 0.5) is 11.6 Å². The van der Waals surface area contributed by atoms with E-state index in [1.54, 1.807) is 37.3 Å². The van der Waals surface area contributed by atoms with Gasteiger partial charge in [0.15, 0.2) is 0 Å². The number of aromatic nitrogens is 2. The van der Waals surface area contributed by atoms with Gasteiger partial charge in [0.1, 0.15) is 5.69 Å². The summed E-state index contributed by atoms with van der Waals surface area (Å²) in [5, 5.41) is 5.89. The van der Waals surface area contributed by atoms with Crippen molar-refractivity contribution in [2.45, 2.75) is 13.3 Å². The molecule has 0 fully saturated rings. The molecular weight excluding hydrogens is 368 g/mol. The van der Waals surface area contributed by atoms with E-state index < -0.39 is 5.97 Å². The predicted octanol–water partition coefficient (Wildman–Crippen LogP) is 3.56. The van der Waals surface area contributed by atoms with Gasteiger partial charge in [0.25, 0.3) is 5.91 Å². The molecule has 0 radical (unpaired) electrons. The molecule has 0 spiro atoms. The third-order valence-corrected chi connectivity index (χ3v) is 4.08. The lowest BCUT2D eigenvalue weighted by Crippen LogP contribution is -2.16. The topological polar surface area (TPSA) is 93.2 Å². The standard InChI is InChI=1S/C22H22N4O3/c1-2-29-21(28)17-8-10-18(11-9-17)25-20(27)19-13-15-24-22(26-19)23-14-12-16-6-4-3-5-7-16/h3-11,13,15H,2,12,14H2,1H3,(H,25,27)(H,23,24,26). The first kappa shape index (κ1) is 20.0. The molecule has 3 rings (SSSR count).